The van der Waals surface area contributed by atoms with Crippen molar-refractivity contribution < 1.29 is 9.90 Å². The first kappa shape index (κ1) is 13.5. The monoisotopic (exact) mass is 228 g/mol. The van der Waals surface area contributed by atoms with E-state index in [4.69, 9.17) is 5.73 Å². The van der Waals surface area contributed by atoms with Crippen LogP contribution >= 0.6 is 0 Å². The van der Waals surface area contributed by atoms with Crippen molar-refractivity contribution in [2.24, 2.45) is 17.1 Å². The minimum atomic E-state index is -0.473. The van der Waals surface area contributed by atoms with Gasteiger partial charge >= 0.3 is 0 Å². The van der Waals surface area contributed by atoms with Gasteiger partial charge in [0.2, 0.25) is 5.91 Å². The van der Waals surface area contributed by atoms with Crippen LogP contribution in [0.5, 0.6) is 0 Å². The first-order valence-corrected chi connectivity index (χ1v) is 6.02. The largest absolute Gasteiger partial charge is 0.393 e. The first-order chi connectivity index (χ1) is 7.30. The molecule has 1 aliphatic carbocycles. The highest BCUT2D eigenvalue weighted by Crippen LogP contribution is 2.24. The number of carbonyl (C=O) groups is 1. The van der Waals surface area contributed by atoms with Crippen molar-refractivity contribution in [3.63, 3.8) is 0 Å². The summed E-state index contributed by atoms with van der Waals surface area (Å²) in [5, 5.41) is 12.2. The average molecular weight is 228 g/mol. The third-order valence-electron chi connectivity index (χ3n) is 3.29. The maximum atomic E-state index is 11.7. The molecule has 0 aliphatic heterocycles. The smallest absolute Gasteiger partial charge is 0.237 e. The van der Waals surface area contributed by atoms with Crippen LogP contribution in [0, 0.1) is 11.3 Å². The molecule has 0 bridgehead atoms. The zero-order valence-electron chi connectivity index (χ0n) is 10.5. The van der Waals surface area contributed by atoms with Crippen molar-refractivity contribution in [3.05, 3.63) is 0 Å². The summed E-state index contributed by atoms with van der Waals surface area (Å²) in [6.07, 6.45) is 2.46. The number of hydrogen-bond donors (Lipinski definition) is 3. The summed E-state index contributed by atoms with van der Waals surface area (Å²) in [5.74, 6) is 0.319. The Morgan fingerprint density at radius 2 is 2.12 bits per heavy atom. The van der Waals surface area contributed by atoms with Crippen LogP contribution in [0.4, 0.5) is 0 Å². The van der Waals surface area contributed by atoms with Crippen molar-refractivity contribution in [2.75, 3.05) is 6.54 Å². The molecule has 0 radical (unpaired) electrons. The van der Waals surface area contributed by atoms with E-state index in [1.165, 1.54) is 0 Å². The van der Waals surface area contributed by atoms with Crippen LogP contribution in [0.25, 0.3) is 0 Å². The predicted molar refractivity (Wildman–Crippen MR) is 63.8 cm³/mol. The molecule has 3 atom stereocenters. The molecule has 0 saturated heterocycles. The Hall–Kier alpha value is -0.610. The van der Waals surface area contributed by atoms with Gasteiger partial charge in [0.25, 0.3) is 0 Å². The van der Waals surface area contributed by atoms with Crippen LogP contribution in [0.1, 0.15) is 40.0 Å². The lowest BCUT2D eigenvalue weighted by Crippen LogP contribution is -2.49. The third-order valence-corrected chi connectivity index (χ3v) is 3.29. The van der Waals surface area contributed by atoms with Gasteiger partial charge in [-0.15, -0.1) is 0 Å². The van der Waals surface area contributed by atoms with Crippen molar-refractivity contribution in [3.8, 4) is 0 Å². The van der Waals surface area contributed by atoms with Crippen LogP contribution in [0.15, 0.2) is 0 Å². The third kappa shape index (κ3) is 3.76. The molecule has 1 saturated carbocycles. The highest BCUT2D eigenvalue weighted by Gasteiger charge is 2.29. The summed E-state index contributed by atoms with van der Waals surface area (Å²) in [5.41, 5.74) is 5.64. The number of aliphatic hydroxyl groups is 1. The first-order valence-electron chi connectivity index (χ1n) is 6.02. The maximum absolute atomic E-state index is 11.7. The molecule has 4 N–H and O–H groups in total. The molecule has 1 aliphatic rings. The molecular weight excluding hydrogens is 204 g/mol. The molecule has 1 fully saturated rings. The van der Waals surface area contributed by atoms with E-state index in [1.54, 1.807) is 0 Å². The number of nitrogens with one attached hydrogen (secondary N) is 1. The lowest BCUT2D eigenvalue weighted by Gasteiger charge is -2.26. The summed E-state index contributed by atoms with van der Waals surface area (Å²) in [6.45, 7) is 6.50. The fraction of sp³-hybridized carbons (Fsp3) is 0.917. The van der Waals surface area contributed by atoms with Gasteiger partial charge in [-0.05, 0) is 30.6 Å². The maximum Gasteiger partial charge on any atom is 0.237 e. The Labute approximate surface area is 97.6 Å². The Morgan fingerprint density at radius 1 is 1.50 bits per heavy atom. The number of nitrogens with two attached hydrogens (primary N) is 1. The van der Waals surface area contributed by atoms with Gasteiger partial charge in [-0.2, -0.15) is 0 Å². The second-order valence-corrected chi connectivity index (χ2v) is 5.92. The average Bonchev–Trinajstić information content (AvgIpc) is 2.58. The molecule has 16 heavy (non-hydrogen) atoms. The SMILES string of the molecule is CC(C)(C)[C@H](N)C(=O)NCC1CCC(O)C1. The van der Waals surface area contributed by atoms with Crippen molar-refractivity contribution in [2.45, 2.75) is 52.2 Å². The predicted octanol–water partition coefficient (Wildman–Crippen LogP) is 0.637. The molecule has 1 rings (SSSR count). The van der Waals surface area contributed by atoms with Gasteiger partial charge in [-0.25, -0.2) is 0 Å². The lowest BCUT2D eigenvalue weighted by molar-refractivity contribution is -0.124. The standard InChI is InChI=1S/C12H24N2O2/c1-12(2,3)10(13)11(16)14-7-8-4-5-9(15)6-8/h8-10,15H,4-7,13H2,1-3H3,(H,14,16)/t8?,9?,10-/m1/s1. The molecule has 0 heterocycles. The second-order valence-electron chi connectivity index (χ2n) is 5.92. The van der Waals surface area contributed by atoms with Crippen LogP contribution in [-0.4, -0.2) is 29.7 Å². The molecular formula is C12H24N2O2. The van der Waals surface area contributed by atoms with Gasteiger partial charge in [0.1, 0.15) is 0 Å². The summed E-state index contributed by atoms with van der Waals surface area (Å²) in [6, 6.07) is -0.473. The zero-order valence-corrected chi connectivity index (χ0v) is 10.5. The zero-order chi connectivity index (χ0) is 12.3. The van der Waals surface area contributed by atoms with Gasteiger partial charge < -0.3 is 16.2 Å². The van der Waals surface area contributed by atoms with Crippen molar-refractivity contribution in [1.82, 2.24) is 5.32 Å². The molecule has 0 aromatic rings. The van der Waals surface area contributed by atoms with E-state index in [0.717, 1.165) is 19.3 Å². The quantitative estimate of drug-likeness (QED) is 0.663. The number of amides is 1. The number of rotatable bonds is 3. The highest BCUT2D eigenvalue weighted by molar-refractivity contribution is 5.82. The van der Waals surface area contributed by atoms with E-state index in [9.17, 15) is 9.90 Å². The molecule has 0 aromatic heterocycles. The topological polar surface area (TPSA) is 75.4 Å². The molecule has 0 aromatic carbocycles. The fourth-order valence-corrected chi connectivity index (χ4v) is 1.98. The van der Waals surface area contributed by atoms with Gasteiger partial charge in [0.15, 0.2) is 0 Å². The molecule has 4 heteroatoms. The summed E-state index contributed by atoms with van der Waals surface area (Å²) in [7, 11) is 0. The van der Waals surface area contributed by atoms with Crippen LogP contribution in [0.3, 0.4) is 0 Å². The van der Waals surface area contributed by atoms with Gasteiger partial charge in [0, 0.05) is 6.54 Å². The van der Waals surface area contributed by atoms with Crippen LogP contribution in [-0.2, 0) is 4.79 Å². The van der Waals surface area contributed by atoms with Crippen molar-refractivity contribution >= 4 is 5.91 Å². The van der Waals surface area contributed by atoms with Gasteiger partial charge in [-0.1, -0.05) is 20.8 Å². The summed E-state index contributed by atoms with van der Waals surface area (Å²) in [4.78, 5) is 11.7. The number of carbonyl (C=O) groups excluding carboxylic acids is 1. The van der Waals surface area contributed by atoms with Crippen molar-refractivity contribution in [1.29, 1.82) is 0 Å². The fourth-order valence-electron chi connectivity index (χ4n) is 1.98. The molecule has 1 amide bonds. The Morgan fingerprint density at radius 3 is 2.56 bits per heavy atom. The highest BCUT2D eigenvalue weighted by atomic mass is 16.3. The number of hydrogen-bond acceptors (Lipinski definition) is 3. The van der Waals surface area contributed by atoms with E-state index in [1.807, 2.05) is 20.8 Å². The minimum Gasteiger partial charge on any atom is -0.393 e. The molecule has 0 spiro atoms. The second kappa shape index (κ2) is 5.15. The lowest BCUT2D eigenvalue weighted by atomic mass is 9.87. The Kier molecular flexibility index (Phi) is 4.33. The normalized spacial score (nSPS) is 27.8. The van der Waals surface area contributed by atoms with E-state index < -0.39 is 6.04 Å². The van der Waals surface area contributed by atoms with E-state index in [-0.39, 0.29) is 17.4 Å². The number of aliphatic hydroxyl groups excluding tert-OH is 1. The van der Waals surface area contributed by atoms with E-state index in [0.29, 0.717) is 12.5 Å². The van der Waals surface area contributed by atoms with Gasteiger partial charge in [-0.3, -0.25) is 4.79 Å². The van der Waals surface area contributed by atoms with E-state index >= 15 is 0 Å². The van der Waals surface area contributed by atoms with Gasteiger partial charge in [0.05, 0.1) is 12.1 Å². The Balaban J connectivity index is 2.30. The molecule has 2 unspecified atom stereocenters. The van der Waals surface area contributed by atoms with Crippen LogP contribution < -0.4 is 11.1 Å². The van der Waals surface area contributed by atoms with E-state index in [2.05, 4.69) is 5.32 Å². The summed E-state index contributed by atoms with van der Waals surface area (Å²) >= 11 is 0. The Bertz CT molecular complexity index is 248. The molecule has 94 valence electrons. The minimum absolute atomic E-state index is 0.0890. The molecule has 4 nitrogen and oxygen atoms in total. The van der Waals surface area contributed by atoms with Crippen LogP contribution in [0.2, 0.25) is 0 Å². The summed E-state index contributed by atoms with van der Waals surface area (Å²) < 4.78 is 0.